The first-order chi connectivity index (χ1) is 9.22. The SMILES string of the molecule is CCCNC(CCc1nccn1C)C(CCC)OC. The number of methoxy groups -OCH3 is 1. The zero-order chi connectivity index (χ0) is 14.1. The van der Waals surface area contributed by atoms with Gasteiger partial charge in [-0.3, -0.25) is 0 Å². The zero-order valence-corrected chi connectivity index (χ0v) is 12.9. The quantitative estimate of drug-likeness (QED) is 0.708. The molecule has 0 aliphatic carbocycles. The third-order valence-corrected chi connectivity index (χ3v) is 3.58. The fraction of sp³-hybridized carbons (Fsp3) is 0.800. The van der Waals surface area contributed by atoms with Gasteiger partial charge >= 0.3 is 0 Å². The van der Waals surface area contributed by atoms with E-state index in [1.54, 1.807) is 0 Å². The van der Waals surface area contributed by atoms with Crippen LogP contribution in [-0.4, -0.2) is 35.4 Å². The van der Waals surface area contributed by atoms with E-state index in [4.69, 9.17) is 4.74 Å². The van der Waals surface area contributed by atoms with Crippen molar-refractivity contribution in [2.75, 3.05) is 13.7 Å². The number of nitrogens with one attached hydrogen (secondary N) is 1. The third-order valence-electron chi connectivity index (χ3n) is 3.58. The molecule has 0 aliphatic rings. The van der Waals surface area contributed by atoms with Crippen molar-refractivity contribution >= 4 is 0 Å². The summed E-state index contributed by atoms with van der Waals surface area (Å²) in [6.07, 6.45) is 9.66. The Balaban J connectivity index is 2.55. The zero-order valence-electron chi connectivity index (χ0n) is 12.9. The van der Waals surface area contributed by atoms with Crippen LogP contribution in [0, 0.1) is 0 Å². The summed E-state index contributed by atoms with van der Waals surface area (Å²) in [5, 5.41) is 3.63. The summed E-state index contributed by atoms with van der Waals surface area (Å²) < 4.78 is 7.76. The number of aryl methyl sites for hydroxylation is 2. The highest BCUT2D eigenvalue weighted by molar-refractivity contribution is 4.93. The maximum Gasteiger partial charge on any atom is 0.108 e. The van der Waals surface area contributed by atoms with Crippen LogP contribution in [0.5, 0.6) is 0 Å². The molecule has 19 heavy (non-hydrogen) atoms. The number of ether oxygens (including phenoxy) is 1. The van der Waals surface area contributed by atoms with Crippen molar-refractivity contribution in [2.45, 2.75) is 58.1 Å². The summed E-state index contributed by atoms with van der Waals surface area (Å²) in [4.78, 5) is 4.39. The Labute approximate surface area is 117 Å². The summed E-state index contributed by atoms with van der Waals surface area (Å²) in [7, 11) is 3.87. The van der Waals surface area contributed by atoms with E-state index in [1.807, 2.05) is 19.5 Å². The van der Waals surface area contributed by atoms with Gasteiger partial charge in [0.25, 0.3) is 0 Å². The van der Waals surface area contributed by atoms with Gasteiger partial charge in [0.15, 0.2) is 0 Å². The Morgan fingerprint density at radius 1 is 1.32 bits per heavy atom. The van der Waals surface area contributed by atoms with Crippen LogP contribution in [0.15, 0.2) is 12.4 Å². The molecule has 4 heteroatoms. The Kier molecular flexibility index (Phi) is 7.75. The highest BCUT2D eigenvalue weighted by atomic mass is 16.5. The van der Waals surface area contributed by atoms with Gasteiger partial charge in [0.05, 0.1) is 6.10 Å². The first kappa shape index (κ1) is 16.2. The highest BCUT2D eigenvalue weighted by Gasteiger charge is 2.20. The standard InChI is InChI=1S/C15H29N3O/c1-5-7-14(19-4)13(16-10-6-2)8-9-15-17-11-12-18(15)3/h11-14,16H,5-10H2,1-4H3. The predicted molar refractivity (Wildman–Crippen MR) is 79.3 cm³/mol. The van der Waals surface area contributed by atoms with E-state index in [0.717, 1.165) is 44.5 Å². The molecule has 0 amide bonds. The summed E-state index contributed by atoms with van der Waals surface area (Å²) in [5.41, 5.74) is 0. The van der Waals surface area contributed by atoms with E-state index in [0.29, 0.717) is 12.1 Å². The topological polar surface area (TPSA) is 39.1 Å². The van der Waals surface area contributed by atoms with Crippen LogP contribution < -0.4 is 5.32 Å². The van der Waals surface area contributed by atoms with Gasteiger partial charge in [0, 0.05) is 39.0 Å². The van der Waals surface area contributed by atoms with Crippen molar-refractivity contribution < 1.29 is 4.74 Å². The largest absolute Gasteiger partial charge is 0.380 e. The van der Waals surface area contributed by atoms with Gasteiger partial charge in [0.2, 0.25) is 0 Å². The maximum atomic E-state index is 5.66. The number of rotatable bonds is 10. The molecule has 0 saturated heterocycles. The molecule has 2 atom stereocenters. The van der Waals surface area contributed by atoms with Gasteiger partial charge in [-0.2, -0.15) is 0 Å². The van der Waals surface area contributed by atoms with Gasteiger partial charge < -0.3 is 14.6 Å². The summed E-state index contributed by atoms with van der Waals surface area (Å²) in [6, 6.07) is 0.418. The number of imidazole rings is 1. The Hall–Kier alpha value is -0.870. The van der Waals surface area contributed by atoms with E-state index >= 15 is 0 Å². The minimum Gasteiger partial charge on any atom is -0.380 e. The molecule has 0 aliphatic heterocycles. The van der Waals surface area contributed by atoms with E-state index in [9.17, 15) is 0 Å². The van der Waals surface area contributed by atoms with Crippen LogP contribution in [0.1, 0.15) is 45.4 Å². The number of hydrogen-bond acceptors (Lipinski definition) is 3. The van der Waals surface area contributed by atoms with E-state index in [-0.39, 0.29) is 0 Å². The lowest BCUT2D eigenvalue weighted by atomic mass is 10.0. The van der Waals surface area contributed by atoms with Crippen molar-refractivity contribution in [1.29, 1.82) is 0 Å². The monoisotopic (exact) mass is 267 g/mol. The molecule has 1 aromatic heterocycles. The van der Waals surface area contributed by atoms with Gasteiger partial charge in [-0.05, 0) is 25.8 Å². The van der Waals surface area contributed by atoms with Crippen LogP contribution in [0.25, 0.3) is 0 Å². The molecule has 0 saturated carbocycles. The normalized spacial score (nSPS) is 14.5. The molecule has 0 fully saturated rings. The molecule has 110 valence electrons. The molecule has 0 radical (unpaired) electrons. The molecule has 1 heterocycles. The smallest absolute Gasteiger partial charge is 0.108 e. The molecule has 1 rings (SSSR count). The second-order valence-corrected chi connectivity index (χ2v) is 5.12. The van der Waals surface area contributed by atoms with Crippen molar-refractivity contribution in [1.82, 2.24) is 14.9 Å². The van der Waals surface area contributed by atoms with Crippen LogP contribution in [0.4, 0.5) is 0 Å². The molecule has 1 N–H and O–H groups in total. The van der Waals surface area contributed by atoms with Gasteiger partial charge in [-0.25, -0.2) is 4.98 Å². The lowest BCUT2D eigenvalue weighted by Gasteiger charge is -2.27. The van der Waals surface area contributed by atoms with Gasteiger partial charge in [-0.1, -0.05) is 20.3 Å². The van der Waals surface area contributed by atoms with E-state index in [2.05, 4.69) is 35.8 Å². The molecular weight excluding hydrogens is 238 g/mol. The van der Waals surface area contributed by atoms with Gasteiger partial charge in [-0.15, -0.1) is 0 Å². The Morgan fingerprint density at radius 3 is 2.63 bits per heavy atom. The average Bonchev–Trinajstić information content (AvgIpc) is 2.82. The molecule has 2 unspecified atom stereocenters. The van der Waals surface area contributed by atoms with E-state index in [1.165, 1.54) is 0 Å². The number of aromatic nitrogens is 2. The van der Waals surface area contributed by atoms with Crippen molar-refractivity contribution in [3.8, 4) is 0 Å². The summed E-state index contributed by atoms with van der Waals surface area (Å²) in [5.74, 6) is 1.15. The molecule has 1 aromatic rings. The van der Waals surface area contributed by atoms with Crippen LogP contribution in [-0.2, 0) is 18.2 Å². The number of hydrogen-bond donors (Lipinski definition) is 1. The summed E-state index contributed by atoms with van der Waals surface area (Å²) in [6.45, 7) is 5.46. The molecule has 0 spiro atoms. The highest BCUT2D eigenvalue weighted by Crippen LogP contribution is 2.12. The second kappa shape index (κ2) is 9.10. The van der Waals surface area contributed by atoms with E-state index < -0.39 is 0 Å². The fourth-order valence-electron chi connectivity index (χ4n) is 2.44. The lowest BCUT2D eigenvalue weighted by Crippen LogP contribution is -2.41. The van der Waals surface area contributed by atoms with Gasteiger partial charge in [0.1, 0.15) is 5.82 Å². The summed E-state index contributed by atoms with van der Waals surface area (Å²) >= 11 is 0. The molecule has 0 aromatic carbocycles. The minimum absolute atomic E-state index is 0.303. The van der Waals surface area contributed by atoms with Crippen molar-refractivity contribution in [3.63, 3.8) is 0 Å². The second-order valence-electron chi connectivity index (χ2n) is 5.12. The first-order valence-corrected chi connectivity index (χ1v) is 7.45. The minimum atomic E-state index is 0.303. The molecule has 0 bridgehead atoms. The first-order valence-electron chi connectivity index (χ1n) is 7.45. The van der Waals surface area contributed by atoms with Crippen molar-refractivity contribution in [2.24, 2.45) is 7.05 Å². The maximum absolute atomic E-state index is 5.66. The molecule has 4 nitrogen and oxygen atoms in total. The lowest BCUT2D eigenvalue weighted by molar-refractivity contribution is 0.0580. The molecular formula is C15H29N3O. The average molecular weight is 267 g/mol. The Bertz CT molecular complexity index is 338. The van der Waals surface area contributed by atoms with Crippen LogP contribution in [0.3, 0.4) is 0 Å². The Morgan fingerprint density at radius 2 is 2.11 bits per heavy atom. The van der Waals surface area contributed by atoms with Crippen molar-refractivity contribution in [3.05, 3.63) is 18.2 Å². The third kappa shape index (κ3) is 5.33. The predicted octanol–water partition coefficient (Wildman–Crippen LogP) is 2.54. The van der Waals surface area contributed by atoms with Crippen LogP contribution >= 0.6 is 0 Å². The van der Waals surface area contributed by atoms with Crippen LogP contribution in [0.2, 0.25) is 0 Å². The fourth-order valence-corrected chi connectivity index (χ4v) is 2.44. The number of nitrogens with zero attached hydrogens (tertiary/aromatic N) is 2.